The first-order valence-corrected chi connectivity index (χ1v) is 9.27. The van der Waals surface area contributed by atoms with E-state index in [1.54, 1.807) is 29.8 Å². The van der Waals surface area contributed by atoms with E-state index in [4.69, 9.17) is 21.1 Å². The summed E-state index contributed by atoms with van der Waals surface area (Å²) in [6.07, 6.45) is 1.88. The first-order valence-electron chi connectivity index (χ1n) is 8.89. The first-order chi connectivity index (χ1) is 13.0. The highest BCUT2D eigenvalue weighted by atomic mass is 35.5. The monoisotopic (exact) mass is 393 g/mol. The van der Waals surface area contributed by atoms with Gasteiger partial charge in [-0.3, -0.25) is 9.48 Å². The van der Waals surface area contributed by atoms with E-state index < -0.39 is 18.5 Å². The van der Waals surface area contributed by atoms with Crippen molar-refractivity contribution in [2.45, 2.75) is 40.2 Å². The number of para-hydroxylation sites is 2. The molecule has 0 saturated heterocycles. The van der Waals surface area contributed by atoms with Crippen molar-refractivity contribution in [3.05, 3.63) is 40.7 Å². The number of rotatable bonds is 9. The predicted molar refractivity (Wildman–Crippen MR) is 103 cm³/mol. The van der Waals surface area contributed by atoms with Gasteiger partial charge in [-0.25, -0.2) is 4.79 Å². The van der Waals surface area contributed by atoms with Gasteiger partial charge in [0, 0.05) is 6.54 Å². The minimum atomic E-state index is -0.673. The van der Waals surface area contributed by atoms with Crippen molar-refractivity contribution in [3.63, 3.8) is 0 Å². The zero-order valence-electron chi connectivity index (χ0n) is 15.8. The van der Waals surface area contributed by atoms with Gasteiger partial charge < -0.3 is 14.8 Å². The lowest BCUT2D eigenvalue weighted by molar-refractivity contribution is -0.119. The highest BCUT2D eigenvalue weighted by Gasteiger charge is 2.22. The van der Waals surface area contributed by atoms with E-state index in [2.05, 4.69) is 17.3 Å². The standard InChI is InChI=1S/C19H24ClN3O4/c1-4-6-11-23-18(20)17(13(3)22-23)19(25)27-12-16(24)21-14-9-7-8-10-15(14)26-5-2/h7-10H,4-6,11-12H2,1-3H3,(H,21,24). The lowest BCUT2D eigenvalue weighted by Crippen LogP contribution is -2.21. The minimum absolute atomic E-state index is 0.190. The van der Waals surface area contributed by atoms with E-state index in [0.717, 1.165) is 12.8 Å². The van der Waals surface area contributed by atoms with Crippen LogP contribution in [0, 0.1) is 6.92 Å². The molecule has 1 aromatic heterocycles. The second-order valence-electron chi connectivity index (χ2n) is 5.88. The number of hydrogen-bond donors (Lipinski definition) is 1. The molecule has 0 atom stereocenters. The zero-order chi connectivity index (χ0) is 19.8. The largest absolute Gasteiger partial charge is 0.492 e. The Hall–Kier alpha value is -2.54. The molecule has 0 aliphatic heterocycles. The predicted octanol–water partition coefficient (Wildman–Crippen LogP) is 3.84. The Kier molecular flexibility index (Phi) is 7.67. The molecule has 0 aliphatic rings. The maximum atomic E-state index is 12.3. The second kappa shape index (κ2) is 9.97. The van der Waals surface area contributed by atoms with Gasteiger partial charge in [0.25, 0.3) is 5.91 Å². The molecule has 0 unspecified atom stereocenters. The van der Waals surface area contributed by atoms with E-state index in [1.807, 2.05) is 13.0 Å². The molecule has 27 heavy (non-hydrogen) atoms. The van der Waals surface area contributed by atoms with Crippen molar-refractivity contribution in [2.75, 3.05) is 18.5 Å². The summed E-state index contributed by atoms with van der Waals surface area (Å²) in [4.78, 5) is 24.5. The number of carbonyl (C=O) groups is 2. The molecule has 1 amide bonds. The number of unbranched alkanes of at least 4 members (excludes halogenated alkanes) is 1. The number of benzene rings is 1. The van der Waals surface area contributed by atoms with E-state index in [9.17, 15) is 9.59 Å². The van der Waals surface area contributed by atoms with Gasteiger partial charge in [0.2, 0.25) is 0 Å². The molecule has 146 valence electrons. The number of ether oxygens (including phenoxy) is 2. The maximum Gasteiger partial charge on any atom is 0.343 e. The average Bonchev–Trinajstić information content (AvgIpc) is 2.93. The average molecular weight is 394 g/mol. The van der Waals surface area contributed by atoms with Gasteiger partial charge in [0.15, 0.2) is 6.61 Å². The SMILES string of the molecule is CCCCn1nc(C)c(C(=O)OCC(=O)Nc2ccccc2OCC)c1Cl. The molecule has 0 saturated carbocycles. The Bertz CT molecular complexity index is 804. The molecular weight excluding hydrogens is 370 g/mol. The molecule has 0 spiro atoms. The van der Waals surface area contributed by atoms with E-state index in [-0.39, 0.29) is 10.7 Å². The van der Waals surface area contributed by atoms with Crippen LogP contribution in [0.4, 0.5) is 5.69 Å². The van der Waals surface area contributed by atoms with Gasteiger partial charge in [-0.15, -0.1) is 0 Å². The summed E-state index contributed by atoms with van der Waals surface area (Å²) in [5.74, 6) is -0.591. The Morgan fingerprint density at radius 1 is 1.26 bits per heavy atom. The van der Waals surface area contributed by atoms with Crippen LogP contribution in [0.1, 0.15) is 42.7 Å². The lowest BCUT2D eigenvalue weighted by atomic mass is 10.2. The molecule has 0 aliphatic carbocycles. The van der Waals surface area contributed by atoms with Crippen molar-refractivity contribution in [1.82, 2.24) is 9.78 Å². The van der Waals surface area contributed by atoms with Gasteiger partial charge in [0.1, 0.15) is 16.5 Å². The van der Waals surface area contributed by atoms with Crippen molar-refractivity contribution in [3.8, 4) is 5.75 Å². The van der Waals surface area contributed by atoms with Gasteiger partial charge in [-0.1, -0.05) is 37.1 Å². The van der Waals surface area contributed by atoms with E-state index >= 15 is 0 Å². The van der Waals surface area contributed by atoms with Crippen LogP contribution in [-0.2, 0) is 16.1 Å². The highest BCUT2D eigenvalue weighted by Crippen LogP contribution is 2.24. The summed E-state index contributed by atoms with van der Waals surface area (Å²) in [6.45, 7) is 6.26. The van der Waals surface area contributed by atoms with Crippen LogP contribution in [0.5, 0.6) is 5.75 Å². The molecule has 8 heteroatoms. The minimum Gasteiger partial charge on any atom is -0.492 e. The molecule has 7 nitrogen and oxygen atoms in total. The second-order valence-corrected chi connectivity index (χ2v) is 6.24. The summed E-state index contributed by atoms with van der Waals surface area (Å²) < 4.78 is 12.1. The number of amides is 1. The van der Waals surface area contributed by atoms with Crippen LogP contribution in [-0.4, -0.2) is 34.9 Å². The molecule has 2 aromatic rings. The molecule has 1 heterocycles. The van der Waals surface area contributed by atoms with Gasteiger partial charge in [0.05, 0.1) is 18.0 Å². The van der Waals surface area contributed by atoms with Crippen LogP contribution in [0.2, 0.25) is 5.15 Å². The summed E-state index contributed by atoms with van der Waals surface area (Å²) in [7, 11) is 0. The number of nitrogens with one attached hydrogen (secondary N) is 1. The Morgan fingerprint density at radius 3 is 2.70 bits per heavy atom. The fourth-order valence-electron chi connectivity index (χ4n) is 2.48. The third kappa shape index (κ3) is 5.47. The zero-order valence-corrected chi connectivity index (χ0v) is 16.5. The Labute approximate surface area is 163 Å². The number of esters is 1. The first kappa shape index (κ1) is 20.8. The topological polar surface area (TPSA) is 82.5 Å². The number of anilines is 1. The smallest absolute Gasteiger partial charge is 0.343 e. The molecule has 1 aromatic carbocycles. The van der Waals surface area contributed by atoms with Crippen molar-refractivity contribution in [1.29, 1.82) is 0 Å². The molecule has 0 bridgehead atoms. The quantitative estimate of drug-likeness (QED) is 0.654. The van der Waals surface area contributed by atoms with Gasteiger partial charge >= 0.3 is 5.97 Å². The maximum absolute atomic E-state index is 12.3. The van der Waals surface area contributed by atoms with Crippen molar-refractivity contribution >= 4 is 29.2 Å². The molecule has 2 rings (SSSR count). The number of carbonyl (C=O) groups excluding carboxylic acids is 2. The van der Waals surface area contributed by atoms with Crippen molar-refractivity contribution in [2.24, 2.45) is 0 Å². The number of halogens is 1. The van der Waals surface area contributed by atoms with Crippen LogP contribution in [0.25, 0.3) is 0 Å². The number of hydrogen-bond acceptors (Lipinski definition) is 5. The summed E-state index contributed by atoms with van der Waals surface area (Å²) >= 11 is 6.24. The third-order valence-corrected chi connectivity index (χ3v) is 4.17. The Balaban J connectivity index is 1.98. The number of nitrogens with zero attached hydrogens (tertiary/aromatic N) is 2. The molecule has 0 radical (unpaired) electrons. The van der Waals surface area contributed by atoms with Gasteiger partial charge in [-0.2, -0.15) is 5.10 Å². The lowest BCUT2D eigenvalue weighted by Gasteiger charge is -2.11. The summed E-state index contributed by atoms with van der Waals surface area (Å²) in [5, 5.41) is 7.16. The van der Waals surface area contributed by atoms with Gasteiger partial charge in [-0.05, 0) is 32.4 Å². The van der Waals surface area contributed by atoms with Crippen LogP contribution in [0.3, 0.4) is 0 Å². The summed E-state index contributed by atoms with van der Waals surface area (Å²) in [5.41, 5.74) is 1.18. The normalized spacial score (nSPS) is 10.5. The molecular formula is C19H24ClN3O4. The van der Waals surface area contributed by atoms with Crippen molar-refractivity contribution < 1.29 is 19.1 Å². The van der Waals surface area contributed by atoms with Crippen LogP contribution in [0.15, 0.2) is 24.3 Å². The van der Waals surface area contributed by atoms with Crippen LogP contribution < -0.4 is 10.1 Å². The van der Waals surface area contributed by atoms with E-state index in [1.165, 1.54) is 0 Å². The van der Waals surface area contributed by atoms with E-state index in [0.29, 0.717) is 30.3 Å². The number of aryl methyl sites for hydroxylation is 2. The Morgan fingerprint density at radius 2 is 2.00 bits per heavy atom. The molecule has 1 N–H and O–H groups in total. The fraction of sp³-hybridized carbons (Fsp3) is 0.421. The van der Waals surface area contributed by atoms with Crippen LogP contribution >= 0.6 is 11.6 Å². The fourth-order valence-corrected chi connectivity index (χ4v) is 2.82. The third-order valence-electron chi connectivity index (χ3n) is 3.79. The number of aromatic nitrogens is 2. The summed E-state index contributed by atoms with van der Waals surface area (Å²) in [6, 6.07) is 7.04. The highest BCUT2D eigenvalue weighted by molar-refractivity contribution is 6.32. The molecule has 0 fully saturated rings.